The second kappa shape index (κ2) is 6.10. The van der Waals surface area contributed by atoms with Crippen LogP contribution in [0.2, 0.25) is 0 Å². The molecule has 2 aromatic rings. The first-order chi connectivity index (χ1) is 12.7. The second-order valence-corrected chi connectivity index (χ2v) is 6.82. The highest BCUT2D eigenvalue weighted by molar-refractivity contribution is 5.66. The zero-order valence-corrected chi connectivity index (χ0v) is 14.4. The van der Waals surface area contributed by atoms with E-state index in [0.717, 1.165) is 12.5 Å². The molecule has 0 saturated carbocycles. The number of aromatic nitrogens is 4. The molecule has 11 heteroatoms. The number of halogens is 3. The molecule has 2 saturated heterocycles. The lowest BCUT2D eigenvalue weighted by atomic mass is 10.1. The Labute approximate surface area is 152 Å². The number of carboxylic acid groups (broad SMARTS) is 1. The normalized spacial score (nSPS) is 20.4. The average molecular weight is 382 g/mol. The van der Waals surface area contributed by atoms with Crippen LogP contribution in [-0.2, 0) is 6.18 Å². The van der Waals surface area contributed by atoms with E-state index in [1.54, 1.807) is 15.8 Å². The van der Waals surface area contributed by atoms with Gasteiger partial charge in [-0.25, -0.2) is 14.8 Å². The summed E-state index contributed by atoms with van der Waals surface area (Å²) in [6.45, 7) is 3.12. The molecule has 0 spiro atoms. The molecule has 2 aromatic heterocycles. The number of nitrogens with zero attached hydrogens (tertiary/aromatic N) is 6. The van der Waals surface area contributed by atoms with Crippen molar-refractivity contribution in [2.45, 2.75) is 31.6 Å². The van der Waals surface area contributed by atoms with Crippen molar-refractivity contribution in [3.05, 3.63) is 24.2 Å². The maximum atomic E-state index is 13.3. The SMILES string of the molecule is C[C@H]1CCN1c1nc(-c2cnn(C3CN(C(=O)O)C3)c2)cc(C(F)(F)F)n1. The summed E-state index contributed by atoms with van der Waals surface area (Å²) in [7, 11) is 0. The molecule has 1 atom stereocenters. The fourth-order valence-corrected chi connectivity index (χ4v) is 3.12. The standard InChI is InChI=1S/C16H17F3N6O2/c1-9-2-3-24(9)14-21-12(4-13(22-14)16(17,18)19)10-5-20-25(6-10)11-7-23(8-11)15(26)27/h4-6,9,11H,2-3,7-8H2,1H3,(H,26,27)/t9-/m0/s1. The summed E-state index contributed by atoms with van der Waals surface area (Å²) in [6.07, 6.45) is -1.66. The lowest BCUT2D eigenvalue weighted by Crippen LogP contribution is -2.50. The molecule has 2 aliphatic rings. The van der Waals surface area contributed by atoms with Gasteiger partial charge in [-0.15, -0.1) is 0 Å². The number of amides is 1. The van der Waals surface area contributed by atoms with Gasteiger partial charge in [0, 0.05) is 37.4 Å². The van der Waals surface area contributed by atoms with Crippen molar-refractivity contribution < 1.29 is 23.1 Å². The molecule has 27 heavy (non-hydrogen) atoms. The molecular formula is C16H17F3N6O2. The van der Waals surface area contributed by atoms with E-state index in [1.807, 2.05) is 6.92 Å². The van der Waals surface area contributed by atoms with Crippen LogP contribution >= 0.6 is 0 Å². The van der Waals surface area contributed by atoms with E-state index >= 15 is 0 Å². The Morgan fingerprint density at radius 1 is 1.30 bits per heavy atom. The highest BCUT2D eigenvalue weighted by Gasteiger charge is 2.36. The van der Waals surface area contributed by atoms with Crippen LogP contribution in [0.15, 0.2) is 18.5 Å². The summed E-state index contributed by atoms with van der Waals surface area (Å²) in [5.74, 6) is 0.0621. The van der Waals surface area contributed by atoms with Gasteiger partial charge in [0.1, 0.15) is 0 Å². The van der Waals surface area contributed by atoms with Crippen molar-refractivity contribution in [1.29, 1.82) is 0 Å². The molecule has 0 aliphatic carbocycles. The fraction of sp³-hybridized carbons (Fsp3) is 0.500. The third-order valence-corrected chi connectivity index (χ3v) is 4.99. The van der Waals surface area contributed by atoms with Gasteiger partial charge in [0.2, 0.25) is 5.95 Å². The number of likely N-dealkylation sites (tertiary alicyclic amines) is 1. The Hall–Kier alpha value is -2.85. The molecule has 1 amide bonds. The van der Waals surface area contributed by atoms with Crippen LogP contribution in [0.1, 0.15) is 25.1 Å². The Kier molecular flexibility index (Phi) is 3.97. The van der Waals surface area contributed by atoms with Crippen LogP contribution in [0.4, 0.5) is 23.9 Å². The number of carbonyl (C=O) groups is 1. The van der Waals surface area contributed by atoms with Gasteiger partial charge in [0.05, 0.1) is 17.9 Å². The number of anilines is 1. The van der Waals surface area contributed by atoms with E-state index in [2.05, 4.69) is 15.1 Å². The first-order valence-electron chi connectivity index (χ1n) is 8.47. The van der Waals surface area contributed by atoms with E-state index in [9.17, 15) is 18.0 Å². The van der Waals surface area contributed by atoms with Crippen molar-refractivity contribution in [1.82, 2.24) is 24.6 Å². The minimum Gasteiger partial charge on any atom is -0.465 e. The molecule has 2 fully saturated rings. The summed E-state index contributed by atoms with van der Waals surface area (Å²) < 4.78 is 41.4. The second-order valence-electron chi connectivity index (χ2n) is 6.82. The smallest absolute Gasteiger partial charge is 0.433 e. The fourth-order valence-electron chi connectivity index (χ4n) is 3.12. The molecule has 0 unspecified atom stereocenters. The Balaban J connectivity index is 1.63. The average Bonchev–Trinajstić information content (AvgIpc) is 3.00. The van der Waals surface area contributed by atoms with E-state index in [0.29, 0.717) is 25.2 Å². The van der Waals surface area contributed by atoms with E-state index in [-0.39, 0.29) is 23.7 Å². The summed E-state index contributed by atoms with van der Waals surface area (Å²) in [5, 5.41) is 13.1. The molecule has 1 N–H and O–H groups in total. The number of alkyl halides is 3. The Morgan fingerprint density at radius 2 is 2.04 bits per heavy atom. The molecule has 8 nitrogen and oxygen atoms in total. The maximum Gasteiger partial charge on any atom is 0.433 e. The largest absolute Gasteiger partial charge is 0.465 e. The van der Waals surface area contributed by atoms with Crippen LogP contribution in [0.5, 0.6) is 0 Å². The van der Waals surface area contributed by atoms with Crippen molar-refractivity contribution in [3.8, 4) is 11.3 Å². The number of hydrogen-bond acceptors (Lipinski definition) is 5. The third kappa shape index (κ3) is 3.17. The monoisotopic (exact) mass is 382 g/mol. The van der Waals surface area contributed by atoms with Gasteiger partial charge < -0.3 is 14.9 Å². The summed E-state index contributed by atoms with van der Waals surface area (Å²) >= 11 is 0. The highest BCUT2D eigenvalue weighted by atomic mass is 19.4. The quantitative estimate of drug-likeness (QED) is 0.878. The van der Waals surface area contributed by atoms with E-state index in [1.165, 1.54) is 11.1 Å². The van der Waals surface area contributed by atoms with Crippen molar-refractivity contribution in [2.75, 3.05) is 24.5 Å². The van der Waals surface area contributed by atoms with E-state index in [4.69, 9.17) is 5.11 Å². The molecule has 4 rings (SSSR count). The first kappa shape index (κ1) is 17.6. The summed E-state index contributed by atoms with van der Waals surface area (Å²) in [4.78, 5) is 21.8. The van der Waals surface area contributed by atoms with Crippen LogP contribution in [0, 0.1) is 0 Å². The molecule has 2 aliphatic heterocycles. The number of rotatable bonds is 3. The molecule has 0 bridgehead atoms. The van der Waals surface area contributed by atoms with Gasteiger partial charge in [-0.3, -0.25) is 4.68 Å². The van der Waals surface area contributed by atoms with Gasteiger partial charge in [-0.1, -0.05) is 0 Å². The van der Waals surface area contributed by atoms with Crippen molar-refractivity contribution >= 4 is 12.0 Å². The lowest BCUT2D eigenvalue weighted by Gasteiger charge is -2.38. The molecular weight excluding hydrogens is 365 g/mol. The predicted octanol–water partition coefficient (Wildman–Crippen LogP) is 2.49. The molecule has 0 aromatic carbocycles. The molecule has 0 radical (unpaired) electrons. The Bertz CT molecular complexity index is 877. The van der Waals surface area contributed by atoms with Crippen LogP contribution in [-0.4, -0.2) is 61.5 Å². The van der Waals surface area contributed by atoms with Gasteiger partial charge in [0.15, 0.2) is 5.69 Å². The topological polar surface area (TPSA) is 87.4 Å². The minimum absolute atomic E-state index is 0.0621. The van der Waals surface area contributed by atoms with Crippen molar-refractivity contribution in [2.24, 2.45) is 0 Å². The Morgan fingerprint density at radius 3 is 2.59 bits per heavy atom. The summed E-state index contributed by atoms with van der Waals surface area (Å²) in [5.41, 5.74) is -0.409. The van der Waals surface area contributed by atoms with Gasteiger partial charge in [-0.2, -0.15) is 18.3 Å². The lowest BCUT2D eigenvalue weighted by molar-refractivity contribution is -0.141. The van der Waals surface area contributed by atoms with Crippen LogP contribution in [0.25, 0.3) is 11.3 Å². The van der Waals surface area contributed by atoms with Gasteiger partial charge in [0.25, 0.3) is 0 Å². The maximum absolute atomic E-state index is 13.3. The minimum atomic E-state index is -4.58. The zero-order chi connectivity index (χ0) is 19.3. The zero-order valence-electron chi connectivity index (χ0n) is 14.4. The summed E-state index contributed by atoms with van der Waals surface area (Å²) in [6, 6.07) is 0.884. The third-order valence-electron chi connectivity index (χ3n) is 4.99. The van der Waals surface area contributed by atoms with Crippen LogP contribution < -0.4 is 4.90 Å². The first-order valence-corrected chi connectivity index (χ1v) is 8.47. The predicted molar refractivity (Wildman–Crippen MR) is 88.3 cm³/mol. The van der Waals surface area contributed by atoms with Crippen LogP contribution in [0.3, 0.4) is 0 Å². The molecule has 144 valence electrons. The highest BCUT2D eigenvalue weighted by Crippen LogP contribution is 2.34. The molecule has 4 heterocycles. The van der Waals surface area contributed by atoms with Gasteiger partial charge >= 0.3 is 12.3 Å². The van der Waals surface area contributed by atoms with Crippen molar-refractivity contribution in [3.63, 3.8) is 0 Å². The number of hydrogen-bond donors (Lipinski definition) is 1. The van der Waals surface area contributed by atoms with E-state index < -0.39 is 18.0 Å². The van der Waals surface area contributed by atoms with Gasteiger partial charge in [-0.05, 0) is 19.4 Å².